The maximum absolute atomic E-state index is 9.66. The fourth-order valence-electron chi connectivity index (χ4n) is 3.03. The number of pyridine rings is 1. The van der Waals surface area contributed by atoms with Crippen LogP contribution in [0.2, 0.25) is 0 Å². The average Bonchev–Trinajstić information content (AvgIpc) is 2.87. The van der Waals surface area contributed by atoms with Gasteiger partial charge >= 0.3 is 0 Å². The number of nitrogens with two attached hydrogens (primary N) is 1. The van der Waals surface area contributed by atoms with Crippen LogP contribution in [0.25, 0.3) is 16.0 Å². The van der Waals surface area contributed by atoms with E-state index >= 15 is 0 Å². The van der Waals surface area contributed by atoms with E-state index in [-0.39, 0.29) is 0 Å². The second-order valence-corrected chi connectivity index (χ2v) is 5.87. The maximum atomic E-state index is 9.66. The van der Waals surface area contributed by atoms with Crippen LogP contribution in [0.1, 0.15) is 22.5 Å². The Kier molecular flexibility index (Phi) is 4.24. The lowest BCUT2D eigenvalue weighted by Gasteiger charge is -2.10. The molecule has 0 saturated carbocycles. The summed E-state index contributed by atoms with van der Waals surface area (Å²) < 4.78 is 2.11. The molecule has 0 amide bonds. The van der Waals surface area contributed by atoms with Crippen molar-refractivity contribution in [3.05, 3.63) is 76.5 Å². The van der Waals surface area contributed by atoms with E-state index in [0.717, 1.165) is 28.1 Å². The van der Waals surface area contributed by atoms with Gasteiger partial charge in [0.2, 0.25) is 0 Å². The number of hydrogen-bond donors (Lipinski definition) is 1. The molecule has 5 heteroatoms. The summed E-state index contributed by atoms with van der Waals surface area (Å²) >= 11 is 0. The van der Waals surface area contributed by atoms with Gasteiger partial charge in [0.15, 0.2) is 5.69 Å². The van der Waals surface area contributed by atoms with E-state index in [1.807, 2.05) is 32.0 Å². The zero-order chi connectivity index (χ0) is 18.0. The van der Waals surface area contributed by atoms with Gasteiger partial charge in [0.1, 0.15) is 11.9 Å². The quantitative estimate of drug-likeness (QED) is 0.732. The summed E-state index contributed by atoms with van der Waals surface area (Å²) in [6.07, 6.45) is 1.75. The zero-order valence-electron chi connectivity index (χ0n) is 14.1. The minimum absolute atomic E-state index is 0.489. The van der Waals surface area contributed by atoms with Crippen molar-refractivity contribution in [2.75, 3.05) is 5.73 Å². The van der Waals surface area contributed by atoms with E-state index in [0.29, 0.717) is 23.6 Å². The largest absolute Gasteiger partial charge is 0.384 e. The third kappa shape index (κ3) is 2.96. The molecular weight excluding hydrogens is 310 g/mol. The molecule has 0 radical (unpaired) electrons. The Bertz CT molecular complexity index is 997. The van der Waals surface area contributed by atoms with Crippen LogP contribution in [0, 0.1) is 31.8 Å². The van der Waals surface area contributed by atoms with Crippen molar-refractivity contribution >= 4 is 11.5 Å². The van der Waals surface area contributed by atoms with Crippen LogP contribution in [0.3, 0.4) is 0 Å². The predicted octanol–water partition coefficient (Wildman–Crippen LogP) is 4.22. The highest BCUT2D eigenvalue weighted by atomic mass is 15.0. The molecule has 3 rings (SSSR count). The lowest BCUT2D eigenvalue weighted by atomic mass is 10.0. The third-order valence-electron chi connectivity index (χ3n) is 4.37. The number of nitrogens with zero attached hydrogens (tertiary/aromatic N) is 4. The summed E-state index contributed by atoms with van der Waals surface area (Å²) in [5.41, 5.74) is 11.7. The molecule has 2 heterocycles. The van der Waals surface area contributed by atoms with Crippen LogP contribution in [0.4, 0.5) is 11.5 Å². The standard InChI is InChI=1S/C20H17N5/c1-13-18(10-21)20(16-5-7-17(23-3)8-6-16)14(2)25(13)12-15-4-9-19(22)24-11-15/h4-9,11H,12H2,1-2H3,(H2,22,24). The first kappa shape index (κ1) is 16.3. The van der Waals surface area contributed by atoms with Gasteiger partial charge in [-0.1, -0.05) is 30.3 Å². The van der Waals surface area contributed by atoms with Gasteiger partial charge in [-0.15, -0.1) is 0 Å². The van der Waals surface area contributed by atoms with Crippen molar-refractivity contribution < 1.29 is 0 Å². The Labute approximate surface area is 146 Å². The van der Waals surface area contributed by atoms with Gasteiger partial charge in [-0.25, -0.2) is 9.83 Å². The molecule has 0 aliphatic heterocycles. The number of anilines is 1. The summed E-state index contributed by atoms with van der Waals surface area (Å²) in [7, 11) is 0. The normalized spacial score (nSPS) is 10.2. The molecule has 2 N–H and O–H groups in total. The predicted molar refractivity (Wildman–Crippen MR) is 98.1 cm³/mol. The number of nitriles is 1. The second-order valence-electron chi connectivity index (χ2n) is 5.87. The minimum Gasteiger partial charge on any atom is -0.384 e. The molecule has 0 bridgehead atoms. The Balaban J connectivity index is 2.09. The van der Waals surface area contributed by atoms with Gasteiger partial charge < -0.3 is 10.3 Å². The van der Waals surface area contributed by atoms with Crippen molar-refractivity contribution in [1.29, 1.82) is 5.26 Å². The van der Waals surface area contributed by atoms with Crippen LogP contribution in [0.15, 0.2) is 42.6 Å². The number of hydrogen-bond acceptors (Lipinski definition) is 3. The van der Waals surface area contributed by atoms with E-state index in [1.165, 1.54) is 0 Å². The molecule has 0 aliphatic rings. The first-order valence-electron chi connectivity index (χ1n) is 7.83. The third-order valence-corrected chi connectivity index (χ3v) is 4.37. The van der Waals surface area contributed by atoms with Crippen LogP contribution in [-0.4, -0.2) is 9.55 Å². The highest BCUT2D eigenvalue weighted by Crippen LogP contribution is 2.33. The fourth-order valence-corrected chi connectivity index (χ4v) is 3.03. The molecule has 0 fully saturated rings. The molecule has 122 valence electrons. The van der Waals surface area contributed by atoms with Crippen LogP contribution >= 0.6 is 0 Å². The molecule has 1 aromatic carbocycles. The SMILES string of the molecule is [C-]#[N+]c1ccc(-c2c(C#N)c(C)n(Cc3ccc(N)nc3)c2C)cc1. The lowest BCUT2D eigenvalue weighted by Crippen LogP contribution is -2.05. The molecule has 0 spiro atoms. The molecule has 3 aromatic rings. The van der Waals surface area contributed by atoms with Gasteiger partial charge in [0, 0.05) is 29.7 Å². The number of benzene rings is 1. The first-order valence-corrected chi connectivity index (χ1v) is 7.83. The van der Waals surface area contributed by atoms with Crippen molar-refractivity contribution in [3.8, 4) is 17.2 Å². The lowest BCUT2D eigenvalue weighted by molar-refractivity contribution is 0.746. The Morgan fingerprint density at radius 2 is 1.88 bits per heavy atom. The van der Waals surface area contributed by atoms with E-state index < -0.39 is 0 Å². The van der Waals surface area contributed by atoms with Crippen molar-refractivity contribution in [2.45, 2.75) is 20.4 Å². The van der Waals surface area contributed by atoms with Gasteiger partial charge in [-0.2, -0.15) is 5.26 Å². The minimum atomic E-state index is 0.489. The highest BCUT2D eigenvalue weighted by molar-refractivity contribution is 5.76. The summed E-state index contributed by atoms with van der Waals surface area (Å²) in [6.45, 7) is 11.7. The van der Waals surface area contributed by atoms with Crippen LogP contribution < -0.4 is 5.73 Å². The number of rotatable bonds is 3. The average molecular weight is 327 g/mol. The van der Waals surface area contributed by atoms with Crippen molar-refractivity contribution in [2.24, 2.45) is 0 Å². The van der Waals surface area contributed by atoms with Crippen LogP contribution in [-0.2, 0) is 6.54 Å². The van der Waals surface area contributed by atoms with Gasteiger partial charge in [0.25, 0.3) is 0 Å². The topological polar surface area (TPSA) is 72.0 Å². The smallest absolute Gasteiger partial charge is 0.187 e. The number of nitrogen functional groups attached to an aromatic ring is 1. The van der Waals surface area contributed by atoms with Gasteiger partial charge in [-0.05, 0) is 31.0 Å². The molecule has 2 aromatic heterocycles. The molecular formula is C20H17N5. The Morgan fingerprint density at radius 1 is 1.16 bits per heavy atom. The summed E-state index contributed by atoms with van der Waals surface area (Å²) in [4.78, 5) is 7.55. The summed E-state index contributed by atoms with van der Waals surface area (Å²) in [5.74, 6) is 0.489. The van der Waals surface area contributed by atoms with Crippen molar-refractivity contribution in [3.63, 3.8) is 0 Å². The van der Waals surface area contributed by atoms with E-state index in [9.17, 15) is 5.26 Å². The Hall–Kier alpha value is -3.57. The second kappa shape index (κ2) is 6.51. The number of aromatic nitrogens is 2. The summed E-state index contributed by atoms with van der Waals surface area (Å²) in [5, 5.41) is 9.66. The molecule has 0 atom stereocenters. The molecule has 0 aliphatic carbocycles. The molecule has 5 nitrogen and oxygen atoms in total. The van der Waals surface area contributed by atoms with Crippen molar-refractivity contribution in [1.82, 2.24) is 9.55 Å². The molecule has 0 saturated heterocycles. The monoisotopic (exact) mass is 327 g/mol. The zero-order valence-corrected chi connectivity index (χ0v) is 14.1. The van der Waals surface area contributed by atoms with Gasteiger partial charge in [0.05, 0.1) is 12.1 Å². The fraction of sp³-hybridized carbons (Fsp3) is 0.150. The van der Waals surface area contributed by atoms with E-state index in [2.05, 4.69) is 20.5 Å². The highest BCUT2D eigenvalue weighted by Gasteiger charge is 2.19. The summed E-state index contributed by atoms with van der Waals surface area (Å²) in [6, 6.07) is 13.4. The Morgan fingerprint density at radius 3 is 2.44 bits per heavy atom. The first-order chi connectivity index (χ1) is 12.0. The van der Waals surface area contributed by atoms with Gasteiger partial charge in [-0.3, -0.25) is 0 Å². The molecule has 0 unspecified atom stereocenters. The van der Waals surface area contributed by atoms with E-state index in [1.54, 1.807) is 24.4 Å². The van der Waals surface area contributed by atoms with E-state index in [4.69, 9.17) is 12.3 Å². The van der Waals surface area contributed by atoms with Crippen LogP contribution in [0.5, 0.6) is 0 Å². The maximum Gasteiger partial charge on any atom is 0.187 e. The molecule has 25 heavy (non-hydrogen) atoms.